The van der Waals surface area contributed by atoms with E-state index in [1.54, 1.807) is 31.2 Å². The third-order valence-electron chi connectivity index (χ3n) is 4.07. The van der Waals surface area contributed by atoms with Crippen LogP contribution in [0.25, 0.3) is 6.08 Å². The second-order valence-corrected chi connectivity index (χ2v) is 7.08. The molecule has 1 heterocycles. The zero-order chi connectivity index (χ0) is 22.0. The van der Waals surface area contributed by atoms with Gasteiger partial charge in [-0.25, -0.2) is 9.79 Å². The summed E-state index contributed by atoms with van der Waals surface area (Å²) in [5, 5.41) is 11.1. The lowest BCUT2D eigenvalue weighted by Crippen LogP contribution is -2.06. The van der Waals surface area contributed by atoms with Crippen LogP contribution in [0.1, 0.15) is 23.6 Å². The summed E-state index contributed by atoms with van der Waals surface area (Å²) in [5.74, 6) is -0.765. The number of cyclic esters (lactones) is 1. The predicted octanol–water partition coefficient (Wildman–Crippen LogP) is 3.94. The Bertz CT molecular complexity index is 1140. The molecule has 0 aromatic heterocycles. The van der Waals surface area contributed by atoms with Crippen LogP contribution in [0.3, 0.4) is 0 Å². The Balaban J connectivity index is 1.99. The van der Waals surface area contributed by atoms with Crippen LogP contribution < -0.4 is 9.47 Å². The van der Waals surface area contributed by atoms with E-state index in [2.05, 4.69) is 20.9 Å². The number of aryl methyl sites for hydroxylation is 1. The summed E-state index contributed by atoms with van der Waals surface area (Å²) >= 11 is 3.31. The summed E-state index contributed by atoms with van der Waals surface area (Å²) in [5.41, 5.74) is 1.23. The highest BCUT2D eigenvalue weighted by molar-refractivity contribution is 9.10. The number of rotatable bonds is 5. The van der Waals surface area contributed by atoms with E-state index in [0.29, 0.717) is 21.2 Å². The molecule has 0 radical (unpaired) electrons. The first-order chi connectivity index (χ1) is 14.2. The fourth-order valence-electron chi connectivity index (χ4n) is 2.70. The van der Waals surface area contributed by atoms with E-state index in [4.69, 9.17) is 14.2 Å². The minimum absolute atomic E-state index is 0.00224. The van der Waals surface area contributed by atoms with E-state index in [-0.39, 0.29) is 28.8 Å². The van der Waals surface area contributed by atoms with Crippen LogP contribution >= 0.6 is 15.9 Å². The number of carbonyl (C=O) groups is 2. The number of halogens is 1. The summed E-state index contributed by atoms with van der Waals surface area (Å²) in [4.78, 5) is 38.3. The van der Waals surface area contributed by atoms with Crippen molar-refractivity contribution in [3.8, 4) is 11.5 Å². The van der Waals surface area contributed by atoms with E-state index >= 15 is 0 Å². The highest BCUT2D eigenvalue weighted by atomic mass is 79.9. The number of benzene rings is 2. The second-order valence-electron chi connectivity index (χ2n) is 6.22. The third-order valence-corrected chi connectivity index (χ3v) is 4.66. The lowest BCUT2D eigenvalue weighted by Gasteiger charge is -2.11. The minimum atomic E-state index is -0.702. The Morgan fingerprint density at radius 2 is 2.03 bits per heavy atom. The van der Waals surface area contributed by atoms with Crippen LogP contribution in [0, 0.1) is 17.0 Å². The normalized spacial score (nSPS) is 14.3. The molecular formula is C20H15BrN2O7. The lowest BCUT2D eigenvalue weighted by atomic mass is 10.1. The summed E-state index contributed by atoms with van der Waals surface area (Å²) < 4.78 is 16.0. The van der Waals surface area contributed by atoms with E-state index in [1.807, 2.05) is 0 Å². The number of nitro groups is 1. The topological polar surface area (TPSA) is 117 Å². The molecule has 0 fully saturated rings. The zero-order valence-electron chi connectivity index (χ0n) is 16.1. The lowest BCUT2D eigenvalue weighted by molar-refractivity contribution is -0.385. The van der Waals surface area contributed by atoms with Gasteiger partial charge in [-0.1, -0.05) is 6.07 Å². The van der Waals surface area contributed by atoms with Crippen molar-refractivity contribution in [2.24, 2.45) is 4.99 Å². The van der Waals surface area contributed by atoms with Gasteiger partial charge in [0.2, 0.25) is 5.90 Å². The molecule has 10 heteroatoms. The molecule has 3 rings (SSSR count). The number of hydrogen-bond acceptors (Lipinski definition) is 8. The van der Waals surface area contributed by atoms with Gasteiger partial charge in [-0.05, 0) is 52.7 Å². The Kier molecular flexibility index (Phi) is 5.97. The molecule has 1 aliphatic rings. The molecule has 9 nitrogen and oxygen atoms in total. The maximum atomic E-state index is 12.2. The van der Waals surface area contributed by atoms with Crippen molar-refractivity contribution in [1.82, 2.24) is 0 Å². The van der Waals surface area contributed by atoms with Gasteiger partial charge in [0.25, 0.3) is 5.69 Å². The number of nitro benzene ring substituents is 1. The van der Waals surface area contributed by atoms with Gasteiger partial charge in [0.05, 0.1) is 16.5 Å². The number of aliphatic imine (C=N–C) groups is 1. The fourth-order valence-corrected chi connectivity index (χ4v) is 3.24. The predicted molar refractivity (Wildman–Crippen MR) is 110 cm³/mol. The summed E-state index contributed by atoms with van der Waals surface area (Å²) in [6.45, 7) is 2.88. The highest BCUT2D eigenvalue weighted by Crippen LogP contribution is 2.37. The van der Waals surface area contributed by atoms with Crippen molar-refractivity contribution in [2.75, 3.05) is 7.11 Å². The van der Waals surface area contributed by atoms with Crippen LogP contribution in [-0.2, 0) is 14.3 Å². The van der Waals surface area contributed by atoms with Crippen LogP contribution in [0.15, 0.2) is 45.5 Å². The summed E-state index contributed by atoms with van der Waals surface area (Å²) in [7, 11) is 1.41. The van der Waals surface area contributed by atoms with Gasteiger partial charge in [0.15, 0.2) is 17.2 Å². The number of carbonyl (C=O) groups excluding carboxylic acids is 2. The molecule has 0 N–H and O–H groups in total. The Labute approximate surface area is 179 Å². The molecule has 0 unspecified atom stereocenters. The van der Waals surface area contributed by atoms with Crippen molar-refractivity contribution in [2.45, 2.75) is 13.8 Å². The highest BCUT2D eigenvalue weighted by Gasteiger charge is 2.26. The first kappa shape index (κ1) is 21.2. The molecular weight excluding hydrogens is 460 g/mol. The number of methoxy groups -OCH3 is 1. The van der Waals surface area contributed by atoms with Gasteiger partial charge in [-0.15, -0.1) is 0 Å². The van der Waals surface area contributed by atoms with Gasteiger partial charge in [-0.3, -0.25) is 14.9 Å². The minimum Gasteiger partial charge on any atom is -0.493 e. The van der Waals surface area contributed by atoms with Gasteiger partial charge < -0.3 is 14.2 Å². The molecule has 0 bridgehead atoms. The van der Waals surface area contributed by atoms with Crippen molar-refractivity contribution >= 4 is 45.5 Å². The van der Waals surface area contributed by atoms with Crippen LogP contribution in [0.2, 0.25) is 0 Å². The number of ether oxygens (including phenoxy) is 3. The molecule has 1 aliphatic heterocycles. The maximum Gasteiger partial charge on any atom is 0.363 e. The first-order valence-corrected chi connectivity index (χ1v) is 9.33. The third kappa shape index (κ3) is 4.38. The standard InChI is InChI=1S/C20H15BrN2O7/c1-10-4-5-13(9-16(10)23(26)27)19-22-15(20(25)30-19)7-12-6-14(21)18(29-11(2)24)17(8-12)28-3/h4-9H,1-3H3/b15-7-. The molecule has 2 aromatic rings. The Hall–Kier alpha value is -3.53. The zero-order valence-corrected chi connectivity index (χ0v) is 17.7. The summed E-state index contributed by atoms with van der Waals surface area (Å²) in [6, 6.07) is 7.63. The number of esters is 2. The van der Waals surface area contributed by atoms with Gasteiger partial charge in [0, 0.05) is 24.1 Å². The molecule has 0 aliphatic carbocycles. The van der Waals surface area contributed by atoms with Crippen LogP contribution in [0.5, 0.6) is 11.5 Å². The van der Waals surface area contributed by atoms with E-state index in [9.17, 15) is 19.7 Å². The van der Waals surface area contributed by atoms with Crippen molar-refractivity contribution in [3.63, 3.8) is 0 Å². The van der Waals surface area contributed by atoms with Crippen LogP contribution in [0.4, 0.5) is 5.69 Å². The molecule has 0 amide bonds. The molecule has 154 valence electrons. The smallest absolute Gasteiger partial charge is 0.363 e. The Morgan fingerprint density at radius 3 is 2.67 bits per heavy atom. The van der Waals surface area contributed by atoms with Crippen molar-refractivity contribution < 1.29 is 28.7 Å². The Morgan fingerprint density at radius 1 is 1.30 bits per heavy atom. The quantitative estimate of drug-likeness (QED) is 0.211. The number of hydrogen-bond donors (Lipinski definition) is 0. The van der Waals surface area contributed by atoms with E-state index in [1.165, 1.54) is 26.2 Å². The molecule has 0 saturated carbocycles. The summed E-state index contributed by atoms with van der Waals surface area (Å²) in [6.07, 6.45) is 1.46. The molecule has 0 spiro atoms. The first-order valence-electron chi connectivity index (χ1n) is 8.53. The number of nitrogens with zero attached hydrogens (tertiary/aromatic N) is 2. The van der Waals surface area contributed by atoms with E-state index < -0.39 is 16.9 Å². The second kappa shape index (κ2) is 8.46. The largest absolute Gasteiger partial charge is 0.493 e. The fraction of sp³-hybridized carbons (Fsp3) is 0.150. The molecule has 0 atom stereocenters. The SMILES string of the molecule is COc1cc(/C=C2\N=C(c3ccc(C)c([N+](=O)[O-])c3)OC2=O)cc(Br)c1OC(C)=O. The maximum absolute atomic E-state index is 12.2. The van der Waals surface area contributed by atoms with Crippen LogP contribution in [-0.4, -0.2) is 29.9 Å². The van der Waals surface area contributed by atoms with E-state index in [0.717, 1.165) is 0 Å². The monoisotopic (exact) mass is 474 g/mol. The van der Waals surface area contributed by atoms with Gasteiger partial charge in [-0.2, -0.15) is 0 Å². The van der Waals surface area contributed by atoms with Gasteiger partial charge >= 0.3 is 11.9 Å². The van der Waals surface area contributed by atoms with Gasteiger partial charge in [0.1, 0.15) is 0 Å². The van der Waals surface area contributed by atoms with Crippen molar-refractivity contribution in [1.29, 1.82) is 0 Å². The van der Waals surface area contributed by atoms with Crippen molar-refractivity contribution in [3.05, 3.63) is 67.3 Å². The average molecular weight is 475 g/mol. The average Bonchev–Trinajstić information content (AvgIpc) is 3.04. The molecule has 0 saturated heterocycles. The molecule has 2 aromatic carbocycles. The molecule has 30 heavy (non-hydrogen) atoms.